The van der Waals surface area contributed by atoms with E-state index in [4.69, 9.17) is 19.4 Å². The number of furan rings is 1. The minimum Gasteiger partial charge on any atom is -0.456 e. The molecule has 290 valence electrons. The standard InChI is InChI=1S/C57H36N4O/c1-4-16-37(17-5-1)40-22-14-23-42(32-40)48-35-44(41-30-31-53-49(34-41)47-27-11-13-29-52(47)62-53)36-50-46-26-10-12-28-51(46)61(54(48)50)45-25-15-24-43(33-45)57-59-55(38-18-6-2-7-19-38)58-56(60-57)39-20-8-3-9-21-39/h1-36H. The number of para-hydroxylation sites is 2. The fourth-order valence-electron chi connectivity index (χ4n) is 8.88. The smallest absolute Gasteiger partial charge is 0.164 e. The van der Waals surface area contributed by atoms with Crippen molar-refractivity contribution in [3.8, 4) is 73.2 Å². The van der Waals surface area contributed by atoms with Gasteiger partial charge in [0, 0.05) is 49.5 Å². The molecule has 0 bridgehead atoms. The molecule has 0 aliphatic heterocycles. The number of aromatic nitrogens is 4. The molecule has 9 aromatic carbocycles. The average Bonchev–Trinajstić information content (AvgIpc) is 3.90. The van der Waals surface area contributed by atoms with Crippen LogP contribution >= 0.6 is 0 Å². The monoisotopic (exact) mass is 792 g/mol. The van der Waals surface area contributed by atoms with E-state index < -0.39 is 0 Å². The van der Waals surface area contributed by atoms with Gasteiger partial charge in [-0.3, -0.25) is 0 Å². The number of rotatable bonds is 7. The van der Waals surface area contributed by atoms with E-state index in [1.807, 2.05) is 72.8 Å². The molecule has 0 amide bonds. The highest BCUT2D eigenvalue weighted by Crippen LogP contribution is 2.43. The zero-order valence-electron chi connectivity index (χ0n) is 33.5. The number of nitrogens with zero attached hydrogens (tertiary/aromatic N) is 4. The Kier molecular flexibility index (Phi) is 8.42. The Hall–Kier alpha value is -8.41. The molecule has 0 N–H and O–H groups in total. The Balaban J connectivity index is 1.10. The minimum atomic E-state index is 0.612. The molecule has 3 aromatic heterocycles. The maximum Gasteiger partial charge on any atom is 0.164 e. The topological polar surface area (TPSA) is 56.7 Å². The first-order chi connectivity index (χ1) is 30.7. The van der Waals surface area contributed by atoms with E-state index in [0.29, 0.717) is 17.5 Å². The van der Waals surface area contributed by atoms with Crippen LogP contribution in [0.15, 0.2) is 223 Å². The van der Waals surface area contributed by atoms with Gasteiger partial charge in [-0.2, -0.15) is 0 Å². The molecule has 0 aliphatic carbocycles. The maximum absolute atomic E-state index is 6.26. The second kappa shape index (κ2) is 14.7. The third kappa shape index (κ3) is 6.14. The summed E-state index contributed by atoms with van der Waals surface area (Å²) in [5, 5.41) is 4.55. The maximum atomic E-state index is 6.26. The lowest BCUT2D eigenvalue weighted by molar-refractivity contribution is 0.669. The fraction of sp³-hybridized carbons (Fsp3) is 0. The van der Waals surface area contributed by atoms with E-state index in [1.165, 1.54) is 16.3 Å². The van der Waals surface area contributed by atoms with Crippen molar-refractivity contribution >= 4 is 43.7 Å². The van der Waals surface area contributed by atoms with Crippen LogP contribution in [-0.4, -0.2) is 19.5 Å². The molecule has 0 unspecified atom stereocenters. The number of hydrogen-bond donors (Lipinski definition) is 0. The first kappa shape index (κ1) is 35.5. The van der Waals surface area contributed by atoms with Gasteiger partial charge in [0.25, 0.3) is 0 Å². The summed E-state index contributed by atoms with van der Waals surface area (Å²) in [6.45, 7) is 0. The van der Waals surface area contributed by atoms with Gasteiger partial charge in [0.1, 0.15) is 11.2 Å². The zero-order chi connectivity index (χ0) is 41.0. The molecular weight excluding hydrogens is 757 g/mol. The van der Waals surface area contributed by atoms with Crippen LogP contribution in [0.25, 0.3) is 117 Å². The van der Waals surface area contributed by atoms with Crippen molar-refractivity contribution in [1.29, 1.82) is 0 Å². The van der Waals surface area contributed by atoms with E-state index >= 15 is 0 Å². The Morgan fingerprint density at radius 3 is 1.58 bits per heavy atom. The highest BCUT2D eigenvalue weighted by Gasteiger charge is 2.21. The predicted octanol–water partition coefficient (Wildman–Crippen LogP) is 14.9. The molecule has 0 saturated carbocycles. The van der Waals surface area contributed by atoms with Gasteiger partial charge in [0.2, 0.25) is 0 Å². The van der Waals surface area contributed by atoms with E-state index in [-0.39, 0.29) is 0 Å². The van der Waals surface area contributed by atoms with Crippen LogP contribution in [0, 0.1) is 0 Å². The van der Waals surface area contributed by atoms with E-state index in [2.05, 4.69) is 150 Å². The van der Waals surface area contributed by atoms with Gasteiger partial charge in [-0.1, -0.05) is 164 Å². The van der Waals surface area contributed by atoms with Crippen LogP contribution < -0.4 is 0 Å². The van der Waals surface area contributed by atoms with Crippen molar-refractivity contribution in [2.75, 3.05) is 0 Å². The molecule has 0 atom stereocenters. The van der Waals surface area contributed by atoms with Crippen LogP contribution in [0.2, 0.25) is 0 Å². The third-order valence-corrected chi connectivity index (χ3v) is 11.8. The molecule has 5 heteroatoms. The fourth-order valence-corrected chi connectivity index (χ4v) is 8.88. The second-order valence-electron chi connectivity index (χ2n) is 15.6. The minimum absolute atomic E-state index is 0.612. The van der Waals surface area contributed by atoms with E-state index in [0.717, 1.165) is 83.2 Å². The summed E-state index contributed by atoms with van der Waals surface area (Å²) < 4.78 is 8.66. The first-order valence-electron chi connectivity index (χ1n) is 20.8. The first-order valence-corrected chi connectivity index (χ1v) is 20.8. The number of hydrogen-bond acceptors (Lipinski definition) is 4. The highest BCUT2D eigenvalue weighted by molar-refractivity contribution is 6.16. The summed E-state index contributed by atoms with van der Waals surface area (Å²) in [7, 11) is 0. The van der Waals surface area contributed by atoms with Gasteiger partial charge >= 0.3 is 0 Å². The van der Waals surface area contributed by atoms with Gasteiger partial charge in [0.05, 0.1) is 11.0 Å². The van der Waals surface area contributed by atoms with Crippen LogP contribution in [0.4, 0.5) is 0 Å². The second-order valence-corrected chi connectivity index (χ2v) is 15.6. The van der Waals surface area contributed by atoms with Crippen molar-refractivity contribution in [1.82, 2.24) is 19.5 Å². The molecule has 0 saturated heterocycles. The molecule has 0 fully saturated rings. The molecular formula is C57H36N4O. The molecule has 62 heavy (non-hydrogen) atoms. The van der Waals surface area contributed by atoms with Crippen LogP contribution in [-0.2, 0) is 0 Å². The number of benzene rings is 9. The molecule has 5 nitrogen and oxygen atoms in total. The summed E-state index contributed by atoms with van der Waals surface area (Å²) in [5.74, 6) is 1.87. The average molecular weight is 793 g/mol. The Morgan fingerprint density at radius 2 is 0.839 bits per heavy atom. The summed E-state index contributed by atoms with van der Waals surface area (Å²) in [4.78, 5) is 15.1. The van der Waals surface area contributed by atoms with Gasteiger partial charge < -0.3 is 8.98 Å². The normalized spacial score (nSPS) is 11.5. The van der Waals surface area contributed by atoms with Crippen LogP contribution in [0.1, 0.15) is 0 Å². The predicted molar refractivity (Wildman–Crippen MR) is 254 cm³/mol. The van der Waals surface area contributed by atoms with Gasteiger partial charge in [0.15, 0.2) is 17.5 Å². The van der Waals surface area contributed by atoms with Crippen molar-refractivity contribution in [3.05, 3.63) is 218 Å². The van der Waals surface area contributed by atoms with Crippen molar-refractivity contribution in [2.24, 2.45) is 0 Å². The molecule has 12 rings (SSSR count). The summed E-state index contributed by atoms with van der Waals surface area (Å²) in [5.41, 5.74) is 14.6. The zero-order valence-corrected chi connectivity index (χ0v) is 33.5. The Labute approximate surface area is 357 Å². The summed E-state index contributed by atoms with van der Waals surface area (Å²) in [6, 6.07) is 76.6. The Morgan fingerprint density at radius 1 is 0.306 bits per heavy atom. The molecule has 0 aliphatic rings. The third-order valence-electron chi connectivity index (χ3n) is 11.8. The highest BCUT2D eigenvalue weighted by atomic mass is 16.3. The van der Waals surface area contributed by atoms with Gasteiger partial charge in [-0.25, -0.2) is 15.0 Å². The lowest BCUT2D eigenvalue weighted by atomic mass is 9.93. The largest absolute Gasteiger partial charge is 0.456 e. The molecule has 0 radical (unpaired) electrons. The molecule has 12 aromatic rings. The molecule has 3 heterocycles. The van der Waals surface area contributed by atoms with Crippen LogP contribution in [0.5, 0.6) is 0 Å². The summed E-state index contributed by atoms with van der Waals surface area (Å²) >= 11 is 0. The van der Waals surface area contributed by atoms with E-state index in [9.17, 15) is 0 Å². The van der Waals surface area contributed by atoms with Crippen molar-refractivity contribution in [3.63, 3.8) is 0 Å². The molecule has 0 spiro atoms. The van der Waals surface area contributed by atoms with Crippen molar-refractivity contribution < 1.29 is 4.42 Å². The lowest BCUT2D eigenvalue weighted by Gasteiger charge is -2.15. The quantitative estimate of drug-likeness (QED) is 0.161. The van der Waals surface area contributed by atoms with E-state index in [1.54, 1.807) is 0 Å². The van der Waals surface area contributed by atoms with Gasteiger partial charge in [-0.15, -0.1) is 0 Å². The van der Waals surface area contributed by atoms with Crippen molar-refractivity contribution in [2.45, 2.75) is 0 Å². The Bertz CT molecular complexity index is 3570. The van der Waals surface area contributed by atoms with Crippen LogP contribution in [0.3, 0.4) is 0 Å². The number of fused-ring (bicyclic) bond motifs is 6. The summed E-state index contributed by atoms with van der Waals surface area (Å²) in [6.07, 6.45) is 0. The van der Waals surface area contributed by atoms with Gasteiger partial charge in [-0.05, 0) is 82.4 Å². The SMILES string of the molecule is c1ccc(-c2cccc(-c3cc(-c4ccc5oc6ccccc6c5c4)cc4c5ccccc5n(-c5cccc(-c6nc(-c7ccccc7)nc(-c7ccccc7)n6)c5)c34)c2)cc1. The lowest BCUT2D eigenvalue weighted by Crippen LogP contribution is -2.01.